The predicted molar refractivity (Wildman–Crippen MR) is 138 cm³/mol. The van der Waals surface area contributed by atoms with E-state index < -0.39 is 0 Å². The van der Waals surface area contributed by atoms with E-state index in [1.807, 2.05) is 64.1 Å². The maximum Gasteiger partial charge on any atom is 0.278 e. The van der Waals surface area contributed by atoms with Gasteiger partial charge in [0.1, 0.15) is 24.1 Å². The molecule has 9 heteroatoms. The van der Waals surface area contributed by atoms with Crippen LogP contribution in [0.1, 0.15) is 41.8 Å². The Morgan fingerprint density at radius 2 is 1.83 bits per heavy atom. The third-order valence-electron chi connectivity index (χ3n) is 6.08. The SMILES string of the molecule is CCCc1noc(Cn2cnc3c4cc(C)ccc4n(CC(=O)Nc4cc(C)cc(C)c4)c3c2=O)n1. The van der Waals surface area contributed by atoms with Gasteiger partial charge in [-0.25, -0.2) is 4.98 Å². The molecule has 5 aromatic rings. The minimum Gasteiger partial charge on any atom is -0.337 e. The van der Waals surface area contributed by atoms with Crippen molar-refractivity contribution in [1.82, 2.24) is 24.3 Å². The third kappa shape index (κ3) is 4.51. The highest BCUT2D eigenvalue weighted by Gasteiger charge is 2.20. The standard InChI is InChI=1S/C27H28N6O3/c1-5-6-22-30-24(36-31-22)14-32-15-28-25-20-12-16(2)7-8-21(20)33(26(25)27(32)35)13-23(34)29-19-10-17(3)9-18(4)11-19/h7-12,15H,5-6,13-14H2,1-4H3,(H,29,34). The summed E-state index contributed by atoms with van der Waals surface area (Å²) >= 11 is 0. The molecule has 36 heavy (non-hydrogen) atoms. The number of fused-ring (bicyclic) bond motifs is 3. The molecule has 0 aliphatic rings. The fourth-order valence-corrected chi connectivity index (χ4v) is 4.61. The number of amides is 1. The first kappa shape index (κ1) is 23.5. The highest BCUT2D eigenvalue weighted by atomic mass is 16.5. The molecular weight excluding hydrogens is 456 g/mol. The van der Waals surface area contributed by atoms with Gasteiger partial charge in [0.15, 0.2) is 5.82 Å². The number of nitrogens with one attached hydrogen (secondary N) is 1. The summed E-state index contributed by atoms with van der Waals surface area (Å²) in [6.45, 7) is 8.07. The highest BCUT2D eigenvalue weighted by molar-refractivity contribution is 6.06. The molecule has 1 N–H and O–H groups in total. The lowest BCUT2D eigenvalue weighted by Crippen LogP contribution is -2.25. The van der Waals surface area contributed by atoms with Crippen LogP contribution in [-0.4, -0.2) is 30.2 Å². The Hall–Kier alpha value is -4.27. The van der Waals surface area contributed by atoms with Crippen LogP contribution in [0.15, 0.2) is 52.0 Å². The molecular formula is C27H28N6O3. The van der Waals surface area contributed by atoms with Gasteiger partial charge in [-0.15, -0.1) is 0 Å². The van der Waals surface area contributed by atoms with Crippen LogP contribution in [0.3, 0.4) is 0 Å². The molecule has 3 heterocycles. The number of aryl methyl sites for hydroxylation is 4. The van der Waals surface area contributed by atoms with E-state index in [4.69, 9.17) is 4.52 Å². The Bertz CT molecular complexity index is 1640. The van der Waals surface area contributed by atoms with Crippen molar-refractivity contribution in [3.63, 3.8) is 0 Å². The molecule has 9 nitrogen and oxygen atoms in total. The number of hydrogen-bond donors (Lipinski definition) is 1. The van der Waals surface area contributed by atoms with Gasteiger partial charge < -0.3 is 14.4 Å². The van der Waals surface area contributed by atoms with Crippen molar-refractivity contribution in [3.8, 4) is 0 Å². The number of aromatic nitrogens is 5. The van der Waals surface area contributed by atoms with Crippen molar-refractivity contribution in [2.24, 2.45) is 0 Å². The summed E-state index contributed by atoms with van der Waals surface area (Å²) < 4.78 is 8.50. The molecule has 0 unspecified atom stereocenters. The number of rotatable bonds is 7. The van der Waals surface area contributed by atoms with Crippen LogP contribution in [0.2, 0.25) is 0 Å². The summed E-state index contributed by atoms with van der Waals surface area (Å²) in [7, 11) is 0. The van der Waals surface area contributed by atoms with Crippen molar-refractivity contribution in [2.45, 2.75) is 53.6 Å². The minimum absolute atomic E-state index is 0.0296. The average molecular weight is 485 g/mol. The largest absolute Gasteiger partial charge is 0.337 e. The van der Waals surface area contributed by atoms with Gasteiger partial charge in [0.2, 0.25) is 11.8 Å². The van der Waals surface area contributed by atoms with Gasteiger partial charge in [0.05, 0.1) is 11.8 Å². The first-order valence-electron chi connectivity index (χ1n) is 12.0. The number of carbonyl (C=O) groups excluding carboxylic acids is 1. The average Bonchev–Trinajstić information content (AvgIpc) is 3.37. The molecule has 0 fully saturated rings. The number of nitrogens with zero attached hydrogens (tertiary/aromatic N) is 5. The fourth-order valence-electron chi connectivity index (χ4n) is 4.61. The van der Waals surface area contributed by atoms with Crippen LogP contribution in [-0.2, 0) is 24.3 Å². The van der Waals surface area contributed by atoms with Crippen LogP contribution < -0.4 is 10.9 Å². The Labute approximate surface area is 207 Å². The molecule has 0 radical (unpaired) electrons. The molecule has 0 saturated heterocycles. The lowest BCUT2D eigenvalue weighted by atomic mass is 10.1. The Balaban J connectivity index is 1.56. The fraction of sp³-hybridized carbons (Fsp3) is 0.296. The molecule has 0 saturated carbocycles. The third-order valence-corrected chi connectivity index (χ3v) is 6.08. The maximum atomic E-state index is 13.7. The van der Waals surface area contributed by atoms with E-state index in [-0.39, 0.29) is 24.6 Å². The highest BCUT2D eigenvalue weighted by Crippen LogP contribution is 2.27. The second kappa shape index (κ2) is 9.41. The van der Waals surface area contributed by atoms with Crippen molar-refractivity contribution >= 4 is 33.5 Å². The first-order valence-corrected chi connectivity index (χ1v) is 12.0. The summed E-state index contributed by atoms with van der Waals surface area (Å²) in [5, 5.41) is 7.77. The molecule has 1 amide bonds. The van der Waals surface area contributed by atoms with E-state index >= 15 is 0 Å². The zero-order chi connectivity index (χ0) is 25.4. The molecule has 0 aliphatic carbocycles. The van der Waals surface area contributed by atoms with Gasteiger partial charge in [-0.3, -0.25) is 14.2 Å². The maximum absolute atomic E-state index is 13.7. The van der Waals surface area contributed by atoms with Gasteiger partial charge in [-0.2, -0.15) is 4.98 Å². The molecule has 0 spiro atoms. The Kier molecular flexibility index (Phi) is 6.13. The first-order chi connectivity index (χ1) is 17.3. The number of benzene rings is 2. The van der Waals surface area contributed by atoms with Crippen molar-refractivity contribution in [2.75, 3.05) is 5.32 Å². The quantitative estimate of drug-likeness (QED) is 0.369. The van der Waals surface area contributed by atoms with Gasteiger partial charge >= 0.3 is 0 Å². The predicted octanol–water partition coefficient (Wildman–Crippen LogP) is 4.30. The van der Waals surface area contributed by atoms with E-state index in [0.717, 1.165) is 39.7 Å². The number of anilines is 1. The monoisotopic (exact) mass is 484 g/mol. The van der Waals surface area contributed by atoms with Gasteiger partial charge in [0, 0.05) is 17.5 Å². The van der Waals surface area contributed by atoms with E-state index in [9.17, 15) is 9.59 Å². The van der Waals surface area contributed by atoms with E-state index in [2.05, 4.69) is 20.4 Å². The summed E-state index contributed by atoms with van der Waals surface area (Å²) in [6, 6.07) is 11.8. The normalized spacial score (nSPS) is 11.4. The van der Waals surface area contributed by atoms with Crippen LogP contribution >= 0.6 is 0 Å². The van der Waals surface area contributed by atoms with E-state index in [1.54, 1.807) is 4.57 Å². The van der Waals surface area contributed by atoms with Gasteiger partial charge in [-0.1, -0.05) is 29.8 Å². The smallest absolute Gasteiger partial charge is 0.278 e. The molecule has 5 rings (SSSR count). The van der Waals surface area contributed by atoms with E-state index in [1.165, 1.54) is 10.9 Å². The lowest BCUT2D eigenvalue weighted by molar-refractivity contribution is -0.116. The summed E-state index contributed by atoms with van der Waals surface area (Å²) in [4.78, 5) is 35.7. The van der Waals surface area contributed by atoms with Crippen molar-refractivity contribution < 1.29 is 9.32 Å². The summed E-state index contributed by atoms with van der Waals surface area (Å²) in [6.07, 6.45) is 3.10. The zero-order valence-corrected chi connectivity index (χ0v) is 20.8. The number of carbonyl (C=O) groups is 1. The topological polar surface area (TPSA) is 108 Å². The van der Waals surface area contributed by atoms with Crippen molar-refractivity contribution in [3.05, 3.63) is 81.5 Å². The molecule has 2 aromatic carbocycles. The van der Waals surface area contributed by atoms with Crippen LogP contribution in [0.5, 0.6) is 0 Å². The number of hydrogen-bond acceptors (Lipinski definition) is 6. The summed E-state index contributed by atoms with van der Waals surface area (Å²) in [5.41, 5.74) is 5.32. The molecule has 3 aromatic heterocycles. The molecule has 0 aliphatic heterocycles. The van der Waals surface area contributed by atoms with E-state index in [0.29, 0.717) is 29.2 Å². The van der Waals surface area contributed by atoms with Crippen LogP contribution in [0.25, 0.3) is 21.9 Å². The molecule has 0 atom stereocenters. The Morgan fingerprint density at radius 3 is 2.58 bits per heavy atom. The van der Waals surface area contributed by atoms with Crippen LogP contribution in [0.4, 0.5) is 5.69 Å². The van der Waals surface area contributed by atoms with Crippen molar-refractivity contribution in [1.29, 1.82) is 0 Å². The lowest BCUT2D eigenvalue weighted by Gasteiger charge is -2.10. The second-order valence-electron chi connectivity index (χ2n) is 9.26. The zero-order valence-electron chi connectivity index (χ0n) is 20.8. The minimum atomic E-state index is -0.275. The van der Waals surface area contributed by atoms with Gasteiger partial charge in [0.25, 0.3) is 5.56 Å². The Morgan fingerprint density at radius 1 is 1.06 bits per heavy atom. The van der Waals surface area contributed by atoms with Gasteiger partial charge in [-0.05, 0) is 62.6 Å². The molecule has 0 bridgehead atoms. The molecule has 184 valence electrons. The second-order valence-corrected chi connectivity index (χ2v) is 9.26. The summed E-state index contributed by atoms with van der Waals surface area (Å²) in [5.74, 6) is 0.727. The van der Waals surface area contributed by atoms with Crippen LogP contribution in [0, 0.1) is 20.8 Å².